The standard InChI is InChI=1S/C20H19ClFNO2/c1-13(20(24)14-5-3-2-4-6-14)23-12-16-8-10-19(25-16)15-7-9-18(22)17(21)11-15/h2-11,13,20,23-24H,12H2,1H3/p+1/t13-,20+/m1/s1. The van der Waals surface area contributed by atoms with Crippen LogP contribution in [0.25, 0.3) is 11.3 Å². The van der Waals surface area contributed by atoms with Gasteiger partial charge in [0.2, 0.25) is 0 Å². The van der Waals surface area contributed by atoms with Crippen LogP contribution in [0.5, 0.6) is 0 Å². The van der Waals surface area contributed by atoms with Crippen LogP contribution in [0, 0.1) is 5.82 Å². The van der Waals surface area contributed by atoms with E-state index >= 15 is 0 Å². The number of aliphatic hydroxyl groups is 1. The number of hydrogen-bond donors (Lipinski definition) is 2. The Kier molecular flexibility index (Phi) is 5.53. The first kappa shape index (κ1) is 17.7. The van der Waals surface area contributed by atoms with E-state index in [-0.39, 0.29) is 11.1 Å². The SMILES string of the molecule is C[C@@H]([NH2+]Cc1ccc(-c2ccc(F)c(Cl)c2)o1)[C@H](O)c1ccccc1. The molecule has 2 aromatic carbocycles. The summed E-state index contributed by atoms with van der Waals surface area (Å²) in [4.78, 5) is 0. The number of hydrogen-bond acceptors (Lipinski definition) is 2. The highest BCUT2D eigenvalue weighted by Gasteiger charge is 2.19. The topological polar surface area (TPSA) is 50.0 Å². The molecule has 3 nitrogen and oxygen atoms in total. The number of benzene rings is 2. The maximum atomic E-state index is 13.3. The van der Waals surface area contributed by atoms with Gasteiger partial charge in [-0.15, -0.1) is 0 Å². The monoisotopic (exact) mass is 360 g/mol. The molecule has 0 spiro atoms. The van der Waals surface area contributed by atoms with Crippen LogP contribution >= 0.6 is 11.6 Å². The molecule has 0 saturated heterocycles. The first-order chi connectivity index (χ1) is 12.0. The van der Waals surface area contributed by atoms with Crippen molar-refractivity contribution in [1.29, 1.82) is 0 Å². The molecule has 3 N–H and O–H groups in total. The van der Waals surface area contributed by atoms with Crippen LogP contribution in [-0.2, 0) is 6.54 Å². The third kappa shape index (κ3) is 4.28. The molecule has 0 aliphatic heterocycles. The zero-order valence-electron chi connectivity index (χ0n) is 13.8. The van der Waals surface area contributed by atoms with Gasteiger partial charge in [-0.1, -0.05) is 41.9 Å². The summed E-state index contributed by atoms with van der Waals surface area (Å²) in [5.41, 5.74) is 1.63. The fourth-order valence-corrected chi connectivity index (χ4v) is 2.86. The van der Waals surface area contributed by atoms with Gasteiger partial charge in [0.1, 0.15) is 30.3 Å². The number of nitrogens with two attached hydrogens (primary N) is 1. The van der Waals surface area contributed by atoms with E-state index in [0.717, 1.165) is 16.9 Å². The summed E-state index contributed by atoms with van der Waals surface area (Å²) in [6.45, 7) is 2.57. The van der Waals surface area contributed by atoms with Crippen molar-refractivity contribution >= 4 is 11.6 Å². The number of halogens is 2. The molecule has 2 atom stereocenters. The lowest BCUT2D eigenvalue weighted by molar-refractivity contribution is -0.710. The molecule has 0 unspecified atom stereocenters. The van der Waals surface area contributed by atoms with Crippen LogP contribution in [-0.4, -0.2) is 11.1 Å². The van der Waals surface area contributed by atoms with Crippen LogP contribution in [0.15, 0.2) is 65.1 Å². The van der Waals surface area contributed by atoms with Gasteiger partial charge < -0.3 is 14.8 Å². The van der Waals surface area contributed by atoms with Gasteiger partial charge in [-0.25, -0.2) is 4.39 Å². The lowest BCUT2D eigenvalue weighted by Gasteiger charge is -2.17. The van der Waals surface area contributed by atoms with Crippen molar-refractivity contribution in [2.24, 2.45) is 0 Å². The van der Waals surface area contributed by atoms with Gasteiger partial charge >= 0.3 is 0 Å². The third-order valence-electron chi connectivity index (χ3n) is 4.20. The Morgan fingerprint density at radius 2 is 1.88 bits per heavy atom. The molecule has 0 amide bonds. The average Bonchev–Trinajstić information content (AvgIpc) is 3.11. The molecule has 130 valence electrons. The third-order valence-corrected chi connectivity index (χ3v) is 4.49. The van der Waals surface area contributed by atoms with E-state index < -0.39 is 11.9 Å². The molecular formula is C20H20ClFNO2+. The molecule has 0 aliphatic rings. The van der Waals surface area contributed by atoms with Gasteiger partial charge in [-0.05, 0) is 42.8 Å². The molecule has 3 aromatic rings. The minimum absolute atomic E-state index is 0.0174. The molecule has 0 fully saturated rings. The number of furan rings is 1. The van der Waals surface area contributed by atoms with Gasteiger partial charge in [0.05, 0.1) is 5.02 Å². The van der Waals surface area contributed by atoms with E-state index in [0.29, 0.717) is 12.3 Å². The molecule has 5 heteroatoms. The average molecular weight is 361 g/mol. The molecule has 0 bridgehead atoms. The van der Waals surface area contributed by atoms with E-state index in [4.69, 9.17) is 16.0 Å². The first-order valence-electron chi connectivity index (χ1n) is 8.15. The summed E-state index contributed by atoms with van der Waals surface area (Å²) >= 11 is 5.82. The van der Waals surface area contributed by atoms with Crippen molar-refractivity contribution in [3.8, 4) is 11.3 Å². The predicted octanol–water partition coefficient (Wildman–Crippen LogP) is 3.92. The summed E-state index contributed by atoms with van der Waals surface area (Å²) in [6, 6.07) is 17.8. The highest BCUT2D eigenvalue weighted by Crippen LogP contribution is 2.26. The molecule has 1 aromatic heterocycles. The lowest BCUT2D eigenvalue weighted by Crippen LogP contribution is -2.88. The van der Waals surface area contributed by atoms with Crippen molar-refractivity contribution in [1.82, 2.24) is 0 Å². The maximum absolute atomic E-state index is 13.3. The van der Waals surface area contributed by atoms with Crippen LogP contribution in [0.2, 0.25) is 5.02 Å². The van der Waals surface area contributed by atoms with Gasteiger partial charge in [-0.2, -0.15) is 0 Å². The van der Waals surface area contributed by atoms with Crippen molar-refractivity contribution in [3.05, 3.63) is 82.8 Å². The Morgan fingerprint density at radius 1 is 1.12 bits per heavy atom. The van der Waals surface area contributed by atoms with Crippen LogP contribution in [0.3, 0.4) is 0 Å². The van der Waals surface area contributed by atoms with Crippen molar-refractivity contribution in [3.63, 3.8) is 0 Å². The van der Waals surface area contributed by atoms with Crippen molar-refractivity contribution < 1.29 is 19.2 Å². The van der Waals surface area contributed by atoms with Gasteiger partial charge in [0.15, 0.2) is 5.76 Å². The fourth-order valence-electron chi connectivity index (χ4n) is 2.68. The summed E-state index contributed by atoms with van der Waals surface area (Å²) in [6.07, 6.45) is -0.550. The van der Waals surface area contributed by atoms with E-state index in [1.807, 2.05) is 54.7 Å². The van der Waals surface area contributed by atoms with Gasteiger partial charge in [-0.3, -0.25) is 0 Å². The summed E-state index contributed by atoms with van der Waals surface area (Å²) in [5.74, 6) is 0.971. The van der Waals surface area contributed by atoms with E-state index in [1.165, 1.54) is 6.07 Å². The highest BCUT2D eigenvalue weighted by molar-refractivity contribution is 6.31. The zero-order chi connectivity index (χ0) is 17.8. The zero-order valence-corrected chi connectivity index (χ0v) is 14.6. The van der Waals surface area contributed by atoms with E-state index in [9.17, 15) is 9.50 Å². The molecule has 0 aliphatic carbocycles. The first-order valence-corrected chi connectivity index (χ1v) is 8.53. The summed E-state index contributed by atoms with van der Waals surface area (Å²) < 4.78 is 19.1. The quantitative estimate of drug-likeness (QED) is 0.700. The minimum atomic E-state index is -0.550. The fraction of sp³-hybridized carbons (Fsp3) is 0.200. The normalized spacial score (nSPS) is 13.6. The second-order valence-corrected chi connectivity index (χ2v) is 6.46. The van der Waals surface area contributed by atoms with Crippen LogP contribution in [0.1, 0.15) is 24.4 Å². The summed E-state index contributed by atoms with van der Waals surface area (Å²) in [5, 5.41) is 12.5. The van der Waals surface area contributed by atoms with E-state index in [1.54, 1.807) is 12.1 Å². The smallest absolute Gasteiger partial charge is 0.158 e. The van der Waals surface area contributed by atoms with Crippen LogP contribution in [0.4, 0.5) is 4.39 Å². The van der Waals surface area contributed by atoms with Crippen LogP contribution < -0.4 is 5.32 Å². The van der Waals surface area contributed by atoms with Gasteiger partial charge in [0.25, 0.3) is 0 Å². The minimum Gasteiger partial charge on any atom is -0.455 e. The molecule has 0 radical (unpaired) electrons. The maximum Gasteiger partial charge on any atom is 0.158 e. The largest absolute Gasteiger partial charge is 0.455 e. The van der Waals surface area contributed by atoms with Crippen molar-refractivity contribution in [2.75, 3.05) is 0 Å². The second kappa shape index (κ2) is 7.83. The Balaban J connectivity index is 1.62. The number of aliphatic hydroxyl groups excluding tert-OH is 1. The molecule has 3 rings (SSSR count). The predicted molar refractivity (Wildman–Crippen MR) is 95.6 cm³/mol. The second-order valence-electron chi connectivity index (χ2n) is 6.05. The Labute approximate surface area is 151 Å². The highest BCUT2D eigenvalue weighted by atomic mass is 35.5. The lowest BCUT2D eigenvalue weighted by atomic mass is 10.0. The Bertz CT molecular complexity index is 835. The molecule has 0 saturated carbocycles. The summed E-state index contributed by atoms with van der Waals surface area (Å²) in [7, 11) is 0. The molecule has 25 heavy (non-hydrogen) atoms. The molecular weight excluding hydrogens is 341 g/mol. The Hall–Kier alpha value is -2.14. The van der Waals surface area contributed by atoms with Crippen molar-refractivity contribution in [2.45, 2.75) is 25.6 Å². The van der Waals surface area contributed by atoms with Gasteiger partial charge in [0, 0.05) is 5.56 Å². The Morgan fingerprint density at radius 3 is 2.60 bits per heavy atom. The number of rotatable bonds is 6. The van der Waals surface area contributed by atoms with E-state index in [2.05, 4.69) is 0 Å². The number of quaternary nitrogens is 1. The molecule has 1 heterocycles.